The maximum absolute atomic E-state index is 11.0. The summed E-state index contributed by atoms with van der Waals surface area (Å²) in [4.78, 5) is 29.5. The van der Waals surface area contributed by atoms with Crippen LogP contribution >= 0.6 is 0 Å². The lowest BCUT2D eigenvalue weighted by molar-refractivity contribution is -0.697. The molecule has 8 bridgehead atoms. The van der Waals surface area contributed by atoms with Gasteiger partial charge in [-0.2, -0.15) is 0 Å². The van der Waals surface area contributed by atoms with Gasteiger partial charge in [0.15, 0.2) is 49.6 Å². The molecule has 0 atom stereocenters. The number of H-pyrrole nitrogens is 2. The van der Waals surface area contributed by atoms with E-state index in [1.54, 1.807) is 0 Å². The van der Waals surface area contributed by atoms with Crippen LogP contribution in [0.4, 0.5) is 0 Å². The summed E-state index contributed by atoms with van der Waals surface area (Å²) in [5.74, 6) is -0.742. The van der Waals surface area contributed by atoms with Gasteiger partial charge in [0.2, 0.25) is 0 Å². The molecular formula is C49H46BrI3N8O2. The Bertz CT molecular complexity index is 2920. The third kappa shape index (κ3) is 10.8. The lowest BCUT2D eigenvalue weighted by Gasteiger charge is -2.06. The molecule has 0 amide bonds. The molecular weight excluding hydrogens is 1190 g/mol. The van der Waals surface area contributed by atoms with Crippen molar-refractivity contribution < 1.29 is 117 Å². The molecule has 0 saturated heterocycles. The zero-order valence-electron chi connectivity index (χ0n) is 34.9. The predicted molar refractivity (Wildman–Crippen MR) is 230 cm³/mol. The van der Waals surface area contributed by atoms with Crippen molar-refractivity contribution in [3.63, 3.8) is 0 Å². The number of nitrogens with zero attached hydrogens (tertiary/aromatic N) is 6. The lowest BCUT2D eigenvalue weighted by Crippen LogP contribution is -3.00. The topological polar surface area (TPSA) is 110 Å². The zero-order chi connectivity index (χ0) is 40.5. The van der Waals surface area contributed by atoms with Gasteiger partial charge in [-0.1, -0.05) is 0 Å². The van der Waals surface area contributed by atoms with Gasteiger partial charge in [-0.25, -0.2) is 28.2 Å². The van der Waals surface area contributed by atoms with Crippen LogP contribution in [0.1, 0.15) is 48.5 Å². The third-order valence-electron chi connectivity index (χ3n) is 11.0. The molecule has 0 unspecified atom stereocenters. The lowest BCUT2D eigenvalue weighted by atomic mass is 10.0. The average Bonchev–Trinajstić information content (AvgIpc) is 4.08. The van der Waals surface area contributed by atoms with Crippen LogP contribution in [0.2, 0.25) is 0 Å². The molecule has 2 aliphatic heterocycles. The number of aryl methyl sites for hydroxylation is 4. The van der Waals surface area contributed by atoms with E-state index in [1.165, 1.54) is 0 Å². The second-order valence-corrected chi connectivity index (χ2v) is 15.3. The fourth-order valence-corrected chi connectivity index (χ4v) is 7.94. The van der Waals surface area contributed by atoms with Gasteiger partial charge in [0.25, 0.3) is 0 Å². The maximum atomic E-state index is 11.0. The molecule has 14 heteroatoms. The number of carboxylic acid groups (broad SMARTS) is 1. The van der Waals surface area contributed by atoms with Gasteiger partial charge in [0.1, 0.15) is 27.7 Å². The number of aliphatic carboxylic acids is 1. The third-order valence-corrected chi connectivity index (χ3v) is 11.0. The molecule has 9 heterocycles. The number of pyridine rings is 4. The highest BCUT2D eigenvalue weighted by molar-refractivity contribution is 5.99. The van der Waals surface area contributed by atoms with Gasteiger partial charge >= 0.3 is 5.97 Å². The van der Waals surface area contributed by atoms with E-state index in [0.717, 1.165) is 109 Å². The van der Waals surface area contributed by atoms with Crippen LogP contribution in [0.3, 0.4) is 0 Å². The summed E-state index contributed by atoms with van der Waals surface area (Å²) in [7, 11) is 6.08. The van der Waals surface area contributed by atoms with E-state index in [0.29, 0.717) is 6.42 Å². The molecule has 0 fully saturated rings. The summed E-state index contributed by atoms with van der Waals surface area (Å²) in [6.07, 6.45) is 27.8. The average molecular weight is 1240 g/mol. The van der Waals surface area contributed by atoms with Crippen LogP contribution in [-0.4, -0.2) is 31.0 Å². The summed E-state index contributed by atoms with van der Waals surface area (Å²) in [6.45, 7) is 0.815. The molecule has 322 valence electrons. The van der Waals surface area contributed by atoms with E-state index >= 15 is 0 Å². The van der Waals surface area contributed by atoms with Crippen molar-refractivity contribution in [1.29, 1.82) is 0 Å². The van der Waals surface area contributed by atoms with E-state index in [-0.39, 0.29) is 95.3 Å². The van der Waals surface area contributed by atoms with Gasteiger partial charge in [0.05, 0.1) is 22.8 Å². The number of halogens is 4. The molecule has 0 saturated carbocycles. The Morgan fingerprint density at radius 2 is 0.778 bits per heavy atom. The fourth-order valence-electron chi connectivity index (χ4n) is 7.94. The number of fused-ring (bicyclic) bond motifs is 8. The second-order valence-electron chi connectivity index (χ2n) is 15.3. The van der Waals surface area contributed by atoms with Crippen molar-refractivity contribution in [3.05, 3.63) is 145 Å². The van der Waals surface area contributed by atoms with E-state index < -0.39 is 5.97 Å². The minimum Gasteiger partial charge on any atom is -1.00 e. The summed E-state index contributed by atoms with van der Waals surface area (Å²) in [6, 6.07) is 25.7. The Morgan fingerprint density at radius 3 is 1.08 bits per heavy atom. The second kappa shape index (κ2) is 21.8. The van der Waals surface area contributed by atoms with Crippen molar-refractivity contribution in [2.24, 2.45) is 21.1 Å². The predicted octanol–water partition coefficient (Wildman–Crippen LogP) is -4.25. The van der Waals surface area contributed by atoms with E-state index in [1.807, 2.05) is 34.8 Å². The van der Waals surface area contributed by atoms with Crippen molar-refractivity contribution in [1.82, 2.24) is 19.9 Å². The fraction of sp³-hybridized carbons (Fsp3) is 0.163. The molecule has 2 aliphatic rings. The standard InChI is InChI=1S/C49H43N8O2.BrH.3HI/c1-54-25-16-33(17-26-54)46-37-8-10-39(50-37)47(34-18-27-55(2)28-19-34)41-12-14-43(52-41)49(36-22-31-57(32-23-36)24-6-4-5-7-45(58)59)44-15-13-42(53-44)48(40-11-9-38(46)51-40)35-20-29-56(3)30-21-35;;;;/h8-23,25-32H,4-7,24H2,1-3H3;4*1H/q+1;;;;/p-1. The van der Waals surface area contributed by atoms with Gasteiger partial charge in [0, 0.05) is 106 Å². The SMILES string of the molecule is C[n+]1ccc(-c2c3nc(c(-c4cc[n+](C)cc4)c4ccc([nH]4)c(-c4cc[n+](CCCCCC(=O)O)cc4)c4nc(c(-c5cc[n+](C)cc5)c5ccc2[nH]5)C=C4)C=C3)cc1.[Br-].[I-].[I-].[I-]. The van der Waals surface area contributed by atoms with E-state index in [9.17, 15) is 4.79 Å². The first-order valence-corrected chi connectivity index (χ1v) is 20.0. The number of hydrogen-bond donors (Lipinski definition) is 3. The van der Waals surface area contributed by atoms with E-state index in [4.69, 9.17) is 15.1 Å². The first-order chi connectivity index (χ1) is 28.8. The quantitative estimate of drug-likeness (QED) is 0.0734. The van der Waals surface area contributed by atoms with Gasteiger partial charge in [-0.3, -0.25) is 4.79 Å². The van der Waals surface area contributed by atoms with Crippen LogP contribution in [-0.2, 0) is 32.5 Å². The number of carboxylic acids is 1. The van der Waals surface area contributed by atoms with Crippen molar-refractivity contribution in [3.8, 4) is 44.5 Å². The zero-order valence-corrected chi connectivity index (χ0v) is 43.0. The monoisotopic (exact) mass is 1240 g/mol. The summed E-state index contributed by atoms with van der Waals surface area (Å²) >= 11 is 0. The number of rotatable bonds is 10. The largest absolute Gasteiger partial charge is 1.00 e. The van der Waals surface area contributed by atoms with Crippen LogP contribution in [0, 0.1) is 0 Å². The number of nitrogens with one attached hydrogen (secondary N) is 2. The molecule has 7 aromatic heterocycles. The first-order valence-electron chi connectivity index (χ1n) is 20.0. The molecule has 0 aliphatic carbocycles. The van der Waals surface area contributed by atoms with Crippen molar-refractivity contribution >= 4 is 52.3 Å². The molecule has 9 rings (SSSR count). The molecule has 0 spiro atoms. The van der Waals surface area contributed by atoms with Crippen LogP contribution in [0.5, 0.6) is 0 Å². The Morgan fingerprint density at radius 1 is 0.476 bits per heavy atom. The summed E-state index contributed by atoms with van der Waals surface area (Å²) in [5, 5.41) is 9.04. The normalized spacial score (nSPS) is 11.2. The van der Waals surface area contributed by atoms with E-state index in [2.05, 4.69) is 161 Å². The Hall–Kier alpha value is -4.66. The van der Waals surface area contributed by atoms with Crippen molar-refractivity contribution in [2.75, 3.05) is 0 Å². The number of hydrogen-bond acceptors (Lipinski definition) is 3. The highest BCUT2D eigenvalue weighted by Gasteiger charge is 2.20. The molecule has 3 N–H and O–H groups in total. The molecule has 63 heavy (non-hydrogen) atoms. The number of unbranched alkanes of at least 4 members (excludes halogenated alkanes) is 2. The molecule has 0 radical (unpaired) electrons. The van der Waals surface area contributed by atoms with Crippen LogP contribution < -0.4 is 107 Å². The maximum Gasteiger partial charge on any atom is 0.303 e. The molecule has 10 nitrogen and oxygen atoms in total. The first kappa shape index (κ1) is 49.4. The van der Waals surface area contributed by atoms with Crippen LogP contribution in [0.15, 0.2) is 122 Å². The number of aromatic nitrogens is 8. The minimum absolute atomic E-state index is 0. The van der Waals surface area contributed by atoms with Gasteiger partial charge in [-0.05, 0) is 83.7 Å². The Labute approximate surface area is 428 Å². The Balaban J connectivity index is 0.00000187. The summed E-state index contributed by atoms with van der Waals surface area (Å²) < 4.78 is 8.28. The Kier molecular flexibility index (Phi) is 17.1. The van der Waals surface area contributed by atoms with Gasteiger partial charge in [-0.15, -0.1) is 0 Å². The minimum atomic E-state index is -0.742. The van der Waals surface area contributed by atoms with Gasteiger partial charge < -0.3 is 104 Å². The van der Waals surface area contributed by atoms with Crippen LogP contribution in [0.25, 0.3) is 90.9 Å². The highest BCUT2D eigenvalue weighted by atomic mass is 127. The molecule has 0 aromatic carbocycles. The smallest absolute Gasteiger partial charge is 0.303 e. The number of carbonyl (C=O) groups is 1. The molecule has 7 aromatic rings. The van der Waals surface area contributed by atoms with Crippen molar-refractivity contribution in [2.45, 2.75) is 32.2 Å². The highest BCUT2D eigenvalue weighted by Crippen LogP contribution is 2.38. The number of aromatic amines is 2. The summed E-state index contributed by atoms with van der Waals surface area (Å²) in [5.41, 5.74) is 15.4.